The van der Waals surface area contributed by atoms with Crippen molar-refractivity contribution in [3.8, 4) is 22.2 Å². The minimum absolute atomic E-state index is 0.212. The lowest BCUT2D eigenvalue weighted by Crippen LogP contribution is -1.77. The van der Waals surface area contributed by atoms with Crippen LogP contribution in [0.3, 0.4) is 0 Å². The molecule has 0 radical (unpaired) electrons. The van der Waals surface area contributed by atoms with Gasteiger partial charge in [-0.25, -0.2) is 0 Å². The SMILES string of the molecule is C#CCCCO.OCCCC#CI. The Bertz CT molecular complexity index is 174. The van der Waals surface area contributed by atoms with E-state index in [-0.39, 0.29) is 13.2 Å². The quantitative estimate of drug-likeness (QED) is 0.469. The van der Waals surface area contributed by atoms with Crippen LogP contribution in [-0.2, 0) is 0 Å². The predicted molar refractivity (Wildman–Crippen MR) is 63.3 cm³/mol. The van der Waals surface area contributed by atoms with Gasteiger partial charge in [0.15, 0.2) is 0 Å². The summed E-state index contributed by atoms with van der Waals surface area (Å²) in [7, 11) is 0. The maximum Gasteiger partial charge on any atom is 0.0440 e. The zero-order valence-corrected chi connectivity index (χ0v) is 9.75. The monoisotopic (exact) mass is 294 g/mol. The van der Waals surface area contributed by atoms with Gasteiger partial charge >= 0.3 is 0 Å². The molecule has 0 aliphatic heterocycles. The summed E-state index contributed by atoms with van der Waals surface area (Å²) in [5.41, 5.74) is 0. The fourth-order valence-corrected chi connectivity index (χ4v) is 0.665. The first-order valence-electron chi connectivity index (χ1n) is 4.07. The minimum atomic E-state index is 0.212. The summed E-state index contributed by atoms with van der Waals surface area (Å²) in [5.74, 6) is 5.23. The molecule has 0 spiro atoms. The molecule has 0 rings (SSSR count). The van der Waals surface area contributed by atoms with Gasteiger partial charge in [0.2, 0.25) is 0 Å². The Labute approximate surface area is 93.9 Å². The van der Waals surface area contributed by atoms with Crippen LogP contribution in [0, 0.1) is 22.2 Å². The lowest BCUT2D eigenvalue weighted by molar-refractivity contribution is 0.290. The number of hydrogen-bond donors (Lipinski definition) is 2. The summed E-state index contributed by atoms with van der Waals surface area (Å²) < 4.78 is 2.71. The minimum Gasteiger partial charge on any atom is -0.396 e. The molecule has 0 saturated heterocycles. The molecule has 0 aromatic rings. The van der Waals surface area contributed by atoms with Crippen LogP contribution in [0.4, 0.5) is 0 Å². The molecule has 0 heterocycles. The van der Waals surface area contributed by atoms with Crippen LogP contribution in [-0.4, -0.2) is 23.4 Å². The van der Waals surface area contributed by atoms with Crippen molar-refractivity contribution in [2.45, 2.75) is 25.7 Å². The third kappa shape index (κ3) is 24.5. The van der Waals surface area contributed by atoms with Gasteiger partial charge in [0.25, 0.3) is 0 Å². The molecule has 0 aromatic carbocycles. The molecule has 3 heteroatoms. The van der Waals surface area contributed by atoms with E-state index in [9.17, 15) is 0 Å². The summed E-state index contributed by atoms with van der Waals surface area (Å²) in [5, 5.41) is 16.3. The Morgan fingerprint density at radius 2 is 1.62 bits per heavy atom. The fraction of sp³-hybridized carbons (Fsp3) is 0.600. The number of rotatable bonds is 4. The molecule has 0 saturated carbocycles. The first kappa shape index (κ1) is 15.3. The van der Waals surface area contributed by atoms with Gasteiger partial charge in [-0.2, -0.15) is 0 Å². The van der Waals surface area contributed by atoms with Gasteiger partial charge in [-0.1, -0.05) is 5.92 Å². The number of hydrogen-bond acceptors (Lipinski definition) is 2. The van der Waals surface area contributed by atoms with Gasteiger partial charge in [0.05, 0.1) is 0 Å². The second-order valence-electron chi connectivity index (χ2n) is 2.13. The summed E-state index contributed by atoms with van der Waals surface area (Å²) in [4.78, 5) is 0. The molecule has 0 fully saturated rings. The first-order chi connectivity index (χ1) is 6.33. The van der Waals surface area contributed by atoms with Gasteiger partial charge in [-0.15, -0.1) is 12.3 Å². The van der Waals surface area contributed by atoms with E-state index in [1.165, 1.54) is 0 Å². The Morgan fingerprint density at radius 1 is 1.08 bits per heavy atom. The second kappa shape index (κ2) is 17.8. The molecule has 0 aromatic heterocycles. The maximum atomic E-state index is 8.22. The largest absolute Gasteiger partial charge is 0.396 e. The summed E-state index contributed by atoms with van der Waals surface area (Å²) in [6, 6.07) is 0. The van der Waals surface area contributed by atoms with E-state index in [4.69, 9.17) is 16.6 Å². The molecular weight excluding hydrogens is 279 g/mol. The van der Waals surface area contributed by atoms with Crippen LogP contribution in [0.1, 0.15) is 25.7 Å². The van der Waals surface area contributed by atoms with Crippen LogP contribution in [0.15, 0.2) is 0 Å². The third-order valence-corrected chi connectivity index (χ3v) is 1.39. The summed E-state index contributed by atoms with van der Waals surface area (Å²) in [6.07, 6.45) is 7.90. The smallest absolute Gasteiger partial charge is 0.0440 e. The average Bonchev–Trinajstić information content (AvgIpc) is 2.17. The van der Waals surface area contributed by atoms with Crippen molar-refractivity contribution < 1.29 is 10.2 Å². The van der Waals surface area contributed by atoms with Crippen molar-refractivity contribution in [2.24, 2.45) is 0 Å². The van der Waals surface area contributed by atoms with Crippen LogP contribution >= 0.6 is 22.6 Å². The second-order valence-corrected chi connectivity index (χ2v) is 2.67. The molecule has 0 aliphatic carbocycles. The van der Waals surface area contributed by atoms with Crippen LogP contribution < -0.4 is 0 Å². The van der Waals surface area contributed by atoms with E-state index in [1.54, 1.807) is 0 Å². The lowest BCUT2D eigenvalue weighted by Gasteiger charge is -1.80. The first-order valence-corrected chi connectivity index (χ1v) is 5.15. The summed E-state index contributed by atoms with van der Waals surface area (Å²) >= 11 is 1.98. The standard InChI is InChI=1S/C5H7IO.C5H8O/c6-4-2-1-3-5-7;1-2-3-4-5-6/h7H,1,3,5H2;1,6H,3-5H2. The molecule has 0 atom stereocenters. The molecule has 13 heavy (non-hydrogen) atoms. The molecule has 0 amide bonds. The highest BCUT2D eigenvalue weighted by molar-refractivity contribution is 14.1. The molecule has 74 valence electrons. The van der Waals surface area contributed by atoms with Crippen LogP contribution in [0.2, 0.25) is 0 Å². The fourth-order valence-electron chi connectivity index (χ4n) is 0.396. The van der Waals surface area contributed by atoms with Gasteiger partial charge in [-0.05, 0) is 16.8 Å². The molecule has 0 aliphatic rings. The number of unbranched alkanes of at least 4 members (excludes halogenated alkanes) is 2. The van der Waals surface area contributed by atoms with Gasteiger partial charge < -0.3 is 10.2 Å². The van der Waals surface area contributed by atoms with E-state index >= 15 is 0 Å². The van der Waals surface area contributed by atoms with Crippen molar-refractivity contribution in [3.63, 3.8) is 0 Å². The molecule has 2 N–H and O–H groups in total. The number of aliphatic hydroxyl groups excluding tert-OH is 2. The zero-order valence-electron chi connectivity index (χ0n) is 7.59. The normalized spacial score (nSPS) is 7.23. The zero-order chi connectivity index (χ0) is 10.4. The van der Waals surface area contributed by atoms with Gasteiger partial charge in [0, 0.05) is 48.6 Å². The molecule has 0 bridgehead atoms. The lowest BCUT2D eigenvalue weighted by atomic mass is 10.3. The van der Waals surface area contributed by atoms with E-state index in [0.717, 1.165) is 19.3 Å². The van der Waals surface area contributed by atoms with Crippen molar-refractivity contribution in [1.29, 1.82) is 0 Å². The van der Waals surface area contributed by atoms with Crippen molar-refractivity contribution in [2.75, 3.05) is 13.2 Å². The molecular formula is C10H15IO2. The Balaban J connectivity index is 0. The third-order valence-electron chi connectivity index (χ3n) is 1.01. The van der Waals surface area contributed by atoms with Crippen LogP contribution in [0.25, 0.3) is 0 Å². The number of terminal acetylenes is 1. The average molecular weight is 294 g/mol. The Hall–Kier alpha value is -0.230. The number of halogens is 1. The van der Waals surface area contributed by atoms with Crippen molar-refractivity contribution in [3.05, 3.63) is 0 Å². The highest BCUT2D eigenvalue weighted by Crippen LogP contribution is 1.83. The molecule has 2 nitrogen and oxygen atoms in total. The molecule has 0 unspecified atom stereocenters. The van der Waals surface area contributed by atoms with Crippen molar-refractivity contribution >= 4 is 22.6 Å². The van der Waals surface area contributed by atoms with Gasteiger partial charge in [0.1, 0.15) is 0 Å². The van der Waals surface area contributed by atoms with Crippen molar-refractivity contribution in [1.82, 2.24) is 0 Å². The Morgan fingerprint density at radius 3 is 1.92 bits per heavy atom. The number of aliphatic hydroxyl groups is 2. The van der Waals surface area contributed by atoms with E-state index in [1.807, 2.05) is 22.6 Å². The highest BCUT2D eigenvalue weighted by atomic mass is 127. The highest BCUT2D eigenvalue weighted by Gasteiger charge is 1.74. The van der Waals surface area contributed by atoms with E-state index < -0.39 is 0 Å². The maximum absolute atomic E-state index is 8.22. The predicted octanol–water partition coefficient (Wildman–Crippen LogP) is 1.55. The van der Waals surface area contributed by atoms with E-state index in [2.05, 4.69) is 15.8 Å². The van der Waals surface area contributed by atoms with E-state index in [0.29, 0.717) is 6.42 Å². The summed E-state index contributed by atoms with van der Waals surface area (Å²) in [6.45, 7) is 0.468. The Kier molecular flexibility index (Phi) is 20.8. The van der Waals surface area contributed by atoms with Gasteiger partial charge in [-0.3, -0.25) is 0 Å². The topological polar surface area (TPSA) is 40.5 Å². The van der Waals surface area contributed by atoms with Crippen LogP contribution in [0.5, 0.6) is 0 Å².